The van der Waals surface area contributed by atoms with E-state index in [2.05, 4.69) is 0 Å². The molecule has 0 saturated carbocycles. The topological polar surface area (TPSA) is 37.3 Å². The van der Waals surface area contributed by atoms with Crippen LogP contribution in [-0.2, 0) is 6.18 Å². The Labute approximate surface area is 86.3 Å². The molecule has 1 rings (SSSR count). The number of carboxylic acids is 1. The predicted molar refractivity (Wildman–Crippen MR) is 43.4 cm³/mol. The normalized spacial score (nSPS) is 11.9. The third-order valence-corrected chi connectivity index (χ3v) is 1.83. The van der Waals surface area contributed by atoms with Crippen LogP contribution in [0.2, 0.25) is 0 Å². The van der Waals surface area contributed by atoms with E-state index in [1.54, 1.807) is 0 Å². The molecule has 0 fully saturated rings. The lowest BCUT2D eigenvalue weighted by Gasteiger charge is -2.11. The Bertz CT molecular complexity index is 411. The second-order valence-electron chi connectivity index (χ2n) is 2.91. The standard InChI is InChI=1S/C9H5F5O2/c10-7(11)4-1-2-5(8(15)16)6(3-4)9(12,13)14/h1-3,7H,(H,15,16). The van der Waals surface area contributed by atoms with Crippen LogP contribution in [-0.4, -0.2) is 11.1 Å². The molecule has 0 atom stereocenters. The Kier molecular flexibility index (Phi) is 3.16. The highest BCUT2D eigenvalue weighted by molar-refractivity contribution is 5.89. The Morgan fingerprint density at radius 2 is 1.81 bits per heavy atom. The summed E-state index contributed by atoms with van der Waals surface area (Å²) >= 11 is 0. The van der Waals surface area contributed by atoms with Crippen LogP contribution in [0.25, 0.3) is 0 Å². The number of halogens is 5. The van der Waals surface area contributed by atoms with Crippen molar-refractivity contribution < 1.29 is 31.9 Å². The number of rotatable bonds is 2. The molecule has 16 heavy (non-hydrogen) atoms. The Morgan fingerprint density at radius 1 is 1.25 bits per heavy atom. The van der Waals surface area contributed by atoms with E-state index in [0.29, 0.717) is 12.1 Å². The molecule has 1 aromatic rings. The van der Waals surface area contributed by atoms with E-state index >= 15 is 0 Å². The van der Waals surface area contributed by atoms with Crippen LogP contribution in [0.1, 0.15) is 27.9 Å². The number of hydrogen-bond acceptors (Lipinski definition) is 1. The second kappa shape index (κ2) is 4.07. The smallest absolute Gasteiger partial charge is 0.417 e. The molecule has 0 aliphatic rings. The van der Waals surface area contributed by atoms with Gasteiger partial charge in [-0.05, 0) is 12.1 Å². The molecule has 0 radical (unpaired) electrons. The summed E-state index contributed by atoms with van der Waals surface area (Å²) in [5.41, 5.74) is -3.48. The van der Waals surface area contributed by atoms with Crippen LogP contribution in [0.15, 0.2) is 18.2 Å². The summed E-state index contributed by atoms with van der Waals surface area (Å²) in [5, 5.41) is 8.47. The molecule has 2 nitrogen and oxygen atoms in total. The summed E-state index contributed by atoms with van der Waals surface area (Å²) in [5.74, 6) is -1.81. The van der Waals surface area contributed by atoms with Gasteiger partial charge in [0, 0.05) is 5.56 Å². The fourth-order valence-electron chi connectivity index (χ4n) is 1.12. The molecule has 0 amide bonds. The molecule has 0 unspecified atom stereocenters. The number of benzene rings is 1. The second-order valence-corrected chi connectivity index (χ2v) is 2.91. The molecule has 0 saturated heterocycles. The molecule has 1 aromatic carbocycles. The van der Waals surface area contributed by atoms with E-state index in [-0.39, 0.29) is 6.07 Å². The van der Waals surface area contributed by atoms with E-state index in [1.807, 2.05) is 0 Å². The zero-order valence-corrected chi connectivity index (χ0v) is 7.55. The van der Waals surface area contributed by atoms with Gasteiger partial charge in [-0.15, -0.1) is 0 Å². The molecule has 88 valence electrons. The van der Waals surface area contributed by atoms with Gasteiger partial charge < -0.3 is 5.11 Å². The molecule has 0 spiro atoms. The first-order valence-corrected chi connectivity index (χ1v) is 3.96. The molecular formula is C9H5F5O2. The summed E-state index contributed by atoms with van der Waals surface area (Å²) in [6.07, 6.45) is -8.05. The summed E-state index contributed by atoms with van der Waals surface area (Å²) in [4.78, 5) is 10.5. The zero-order valence-electron chi connectivity index (χ0n) is 7.55. The monoisotopic (exact) mass is 240 g/mol. The van der Waals surface area contributed by atoms with Gasteiger partial charge >= 0.3 is 12.1 Å². The summed E-state index contributed by atoms with van der Waals surface area (Å²) in [7, 11) is 0. The molecule has 7 heteroatoms. The highest BCUT2D eigenvalue weighted by Crippen LogP contribution is 2.34. The van der Waals surface area contributed by atoms with E-state index < -0.39 is 35.3 Å². The number of alkyl halides is 5. The molecular weight excluding hydrogens is 235 g/mol. The fourth-order valence-corrected chi connectivity index (χ4v) is 1.12. The number of hydrogen-bond donors (Lipinski definition) is 1. The Morgan fingerprint density at radius 3 is 2.19 bits per heavy atom. The van der Waals surface area contributed by atoms with Crippen LogP contribution in [0.5, 0.6) is 0 Å². The quantitative estimate of drug-likeness (QED) is 0.805. The first kappa shape index (κ1) is 12.4. The Balaban J connectivity index is 3.39. The predicted octanol–water partition coefficient (Wildman–Crippen LogP) is 3.34. The van der Waals surface area contributed by atoms with Crippen LogP contribution < -0.4 is 0 Å². The summed E-state index contributed by atoms with van der Waals surface area (Å²) < 4.78 is 61.3. The van der Waals surface area contributed by atoms with Crippen molar-refractivity contribution in [1.29, 1.82) is 0 Å². The van der Waals surface area contributed by atoms with Crippen molar-refractivity contribution in [3.63, 3.8) is 0 Å². The van der Waals surface area contributed by atoms with Crippen molar-refractivity contribution in [2.45, 2.75) is 12.6 Å². The third kappa shape index (κ3) is 2.47. The van der Waals surface area contributed by atoms with Gasteiger partial charge in [0.25, 0.3) is 6.43 Å². The van der Waals surface area contributed by atoms with Crippen molar-refractivity contribution in [2.24, 2.45) is 0 Å². The maximum atomic E-state index is 12.3. The number of carbonyl (C=O) groups is 1. The molecule has 0 bridgehead atoms. The lowest BCUT2D eigenvalue weighted by atomic mass is 10.0. The average Bonchev–Trinajstić information content (AvgIpc) is 2.15. The SMILES string of the molecule is O=C(O)c1ccc(C(F)F)cc1C(F)(F)F. The number of aromatic carboxylic acids is 1. The number of carboxylic acid groups (broad SMARTS) is 1. The minimum Gasteiger partial charge on any atom is -0.478 e. The van der Waals surface area contributed by atoms with Crippen LogP contribution in [0, 0.1) is 0 Å². The van der Waals surface area contributed by atoms with Gasteiger partial charge in [0.2, 0.25) is 0 Å². The highest BCUT2D eigenvalue weighted by atomic mass is 19.4. The molecule has 0 aliphatic carbocycles. The van der Waals surface area contributed by atoms with Crippen molar-refractivity contribution in [1.82, 2.24) is 0 Å². The molecule has 1 N–H and O–H groups in total. The van der Waals surface area contributed by atoms with Gasteiger partial charge in [-0.1, -0.05) is 6.07 Å². The van der Waals surface area contributed by atoms with Crippen LogP contribution in [0.3, 0.4) is 0 Å². The van der Waals surface area contributed by atoms with Gasteiger partial charge in [-0.25, -0.2) is 13.6 Å². The van der Waals surface area contributed by atoms with E-state index in [4.69, 9.17) is 5.11 Å². The molecule has 0 aromatic heterocycles. The van der Waals surface area contributed by atoms with Gasteiger partial charge in [0.1, 0.15) is 0 Å². The summed E-state index contributed by atoms with van der Waals surface area (Å²) in [6, 6.07) is 1.32. The lowest BCUT2D eigenvalue weighted by Crippen LogP contribution is -2.13. The largest absolute Gasteiger partial charge is 0.478 e. The minimum atomic E-state index is -4.97. The van der Waals surface area contributed by atoms with Gasteiger partial charge in [-0.3, -0.25) is 0 Å². The third-order valence-electron chi connectivity index (χ3n) is 1.83. The average molecular weight is 240 g/mol. The van der Waals surface area contributed by atoms with Crippen LogP contribution >= 0.6 is 0 Å². The van der Waals surface area contributed by atoms with E-state index in [9.17, 15) is 26.7 Å². The Hall–Kier alpha value is -1.66. The van der Waals surface area contributed by atoms with Crippen molar-refractivity contribution in [3.05, 3.63) is 34.9 Å². The molecule has 0 aliphatic heterocycles. The van der Waals surface area contributed by atoms with Crippen molar-refractivity contribution in [3.8, 4) is 0 Å². The first-order chi connectivity index (χ1) is 7.23. The van der Waals surface area contributed by atoms with Gasteiger partial charge in [0.15, 0.2) is 0 Å². The lowest BCUT2D eigenvalue weighted by molar-refractivity contribution is -0.138. The highest BCUT2D eigenvalue weighted by Gasteiger charge is 2.36. The fraction of sp³-hybridized carbons (Fsp3) is 0.222. The maximum Gasteiger partial charge on any atom is 0.417 e. The first-order valence-electron chi connectivity index (χ1n) is 3.96. The van der Waals surface area contributed by atoms with Crippen molar-refractivity contribution in [2.75, 3.05) is 0 Å². The van der Waals surface area contributed by atoms with Gasteiger partial charge in [-0.2, -0.15) is 13.2 Å². The van der Waals surface area contributed by atoms with Crippen molar-refractivity contribution >= 4 is 5.97 Å². The molecule has 0 heterocycles. The van der Waals surface area contributed by atoms with E-state index in [0.717, 1.165) is 0 Å². The van der Waals surface area contributed by atoms with Crippen LogP contribution in [0.4, 0.5) is 22.0 Å². The maximum absolute atomic E-state index is 12.3. The summed E-state index contributed by atoms with van der Waals surface area (Å²) in [6.45, 7) is 0. The van der Waals surface area contributed by atoms with E-state index in [1.165, 1.54) is 0 Å². The zero-order chi connectivity index (χ0) is 12.5. The minimum absolute atomic E-state index is 0.147. The van der Waals surface area contributed by atoms with Gasteiger partial charge in [0.05, 0.1) is 11.1 Å².